The minimum absolute atomic E-state index is 0.403. The van der Waals surface area contributed by atoms with Crippen molar-refractivity contribution in [2.45, 2.75) is 65.1 Å². The van der Waals surface area contributed by atoms with Crippen molar-refractivity contribution in [3.63, 3.8) is 0 Å². The van der Waals surface area contributed by atoms with E-state index in [0.717, 1.165) is 0 Å². The number of nitriles is 2. The topological polar surface area (TPSA) is 102 Å². The zero-order valence-electron chi connectivity index (χ0n) is 12.1. The van der Waals surface area contributed by atoms with Crippen LogP contribution in [0.3, 0.4) is 0 Å². The Labute approximate surface area is 109 Å². The largest absolute Gasteiger partial charge is 0.251 e. The van der Waals surface area contributed by atoms with Crippen LogP contribution in [0.2, 0.25) is 0 Å². The molecule has 6 nitrogen and oxygen atoms in total. The fourth-order valence-electron chi connectivity index (χ4n) is 0.295. The molecule has 0 atom stereocenters. The van der Waals surface area contributed by atoms with Gasteiger partial charge < -0.3 is 0 Å². The molecular weight excluding hydrogens is 232 g/mol. The molecular formula is C12H22N4O2. The van der Waals surface area contributed by atoms with E-state index in [1.807, 2.05) is 12.1 Å². The predicted octanol–water partition coefficient (Wildman–Crippen LogP) is 3.32. The lowest BCUT2D eigenvalue weighted by Crippen LogP contribution is -2.17. The Morgan fingerprint density at radius 1 is 0.833 bits per heavy atom. The molecule has 102 valence electrons. The summed E-state index contributed by atoms with van der Waals surface area (Å²) in [6, 6.07) is 3.94. The first kappa shape index (κ1) is 18.9. The first-order valence-corrected chi connectivity index (χ1v) is 5.48. The molecule has 0 aliphatic rings. The number of nitrogens with zero attached hydrogens (tertiary/aromatic N) is 4. The van der Waals surface area contributed by atoms with E-state index >= 15 is 0 Å². The highest BCUT2D eigenvalue weighted by molar-refractivity contribution is 5.03. The van der Waals surface area contributed by atoms with E-state index in [-0.39, 0.29) is 0 Å². The van der Waals surface area contributed by atoms with E-state index in [0.29, 0.717) is 0 Å². The van der Waals surface area contributed by atoms with Gasteiger partial charge in [-0.15, -0.1) is 0 Å². The van der Waals surface area contributed by atoms with E-state index in [1.165, 1.54) is 0 Å². The first-order valence-electron chi connectivity index (χ1n) is 5.48. The van der Waals surface area contributed by atoms with Crippen molar-refractivity contribution >= 4 is 0 Å². The molecule has 0 heterocycles. The van der Waals surface area contributed by atoms with Crippen molar-refractivity contribution in [3.8, 4) is 12.1 Å². The highest BCUT2D eigenvalue weighted by atomic mass is 17.1. The minimum Gasteiger partial charge on any atom is -0.251 e. The second-order valence-corrected chi connectivity index (χ2v) is 5.75. The SMILES string of the molecule is CC(C)(C#N)N=NC(C)(C)C#N.CC(C)(C)OO. The van der Waals surface area contributed by atoms with Gasteiger partial charge in [0, 0.05) is 0 Å². The molecule has 0 amide bonds. The zero-order valence-corrected chi connectivity index (χ0v) is 12.1. The average molecular weight is 254 g/mol. The van der Waals surface area contributed by atoms with E-state index in [4.69, 9.17) is 15.8 Å². The number of hydrogen-bond acceptors (Lipinski definition) is 6. The maximum Gasteiger partial charge on any atom is 0.162 e. The van der Waals surface area contributed by atoms with Gasteiger partial charge in [0.1, 0.15) is 0 Å². The van der Waals surface area contributed by atoms with Gasteiger partial charge in [0.15, 0.2) is 11.1 Å². The number of hydrogen-bond donors (Lipinski definition) is 1. The van der Waals surface area contributed by atoms with Gasteiger partial charge in [-0.25, -0.2) is 4.89 Å². The normalized spacial score (nSPS) is 12.3. The Morgan fingerprint density at radius 2 is 1.06 bits per heavy atom. The summed E-state index contributed by atoms with van der Waals surface area (Å²) < 4.78 is 0. The van der Waals surface area contributed by atoms with Gasteiger partial charge in [0.25, 0.3) is 0 Å². The van der Waals surface area contributed by atoms with Crippen LogP contribution in [-0.4, -0.2) is 21.9 Å². The maximum absolute atomic E-state index is 8.58. The van der Waals surface area contributed by atoms with Gasteiger partial charge in [0.2, 0.25) is 0 Å². The molecule has 18 heavy (non-hydrogen) atoms. The van der Waals surface area contributed by atoms with E-state index < -0.39 is 16.7 Å². The van der Waals surface area contributed by atoms with Crippen molar-refractivity contribution in [2.24, 2.45) is 10.2 Å². The molecule has 0 aromatic heterocycles. The van der Waals surface area contributed by atoms with Gasteiger partial charge >= 0.3 is 0 Å². The number of azo groups is 1. The van der Waals surface area contributed by atoms with Crippen molar-refractivity contribution in [1.82, 2.24) is 0 Å². The standard InChI is InChI=1S/C8H12N4.C4H10O2/c1-7(2,5-9)11-12-8(3,4)6-10;1-4(2,3)6-5/h1-4H3;5H,1-3H3. The fourth-order valence-corrected chi connectivity index (χ4v) is 0.295. The van der Waals surface area contributed by atoms with E-state index in [9.17, 15) is 0 Å². The van der Waals surface area contributed by atoms with Crippen LogP contribution in [0.4, 0.5) is 0 Å². The summed E-state index contributed by atoms with van der Waals surface area (Å²) in [6.07, 6.45) is 0. The van der Waals surface area contributed by atoms with Crippen LogP contribution >= 0.6 is 0 Å². The highest BCUT2D eigenvalue weighted by Gasteiger charge is 2.19. The highest BCUT2D eigenvalue weighted by Crippen LogP contribution is 2.13. The molecule has 0 aliphatic heterocycles. The summed E-state index contributed by atoms with van der Waals surface area (Å²) in [5, 5.41) is 32.6. The van der Waals surface area contributed by atoms with Crippen molar-refractivity contribution < 1.29 is 10.1 Å². The van der Waals surface area contributed by atoms with Crippen LogP contribution in [-0.2, 0) is 4.89 Å². The molecule has 0 fully saturated rings. The smallest absolute Gasteiger partial charge is 0.162 e. The third-order valence-electron chi connectivity index (χ3n) is 1.37. The predicted molar refractivity (Wildman–Crippen MR) is 67.7 cm³/mol. The Hall–Kier alpha value is -1.50. The second kappa shape index (κ2) is 7.05. The molecule has 0 unspecified atom stereocenters. The van der Waals surface area contributed by atoms with Crippen LogP contribution in [0.5, 0.6) is 0 Å². The van der Waals surface area contributed by atoms with Gasteiger partial charge in [-0.05, 0) is 48.5 Å². The molecule has 0 bridgehead atoms. The lowest BCUT2D eigenvalue weighted by atomic mass is 10.1. The van der Waals surface area contributed by atoms with Gasteiger partial charge in [-0.3, -0.25) is 5.26 Å². The molecule has 0 aliphatic carbocycles. The average Bonchev–Trinajstić information content (AvgIpc) is 2.27. The molecule has 6 heteroatoms. The summed E-state index contributed by atoms with van der Waals surface area (Å²) in [5.74, 6) is 0. The second-order valence-electron chi connectivity index (χ2n) is 5.75. The molecule has 0 spiro atoms. The summed E-state index contributed by atoms with van der Waals surface area (Å²) in [4.78, 5) is 3.94. The molecule has 0 rings (SSSR count). The monoisotopic (exact) mass is 254 g/mol. The van der Waals surface area contributed by atoms with Crippen LogP contribution in [0.25, 0.3) is 0 Å². The van der Waals surface area contributed by atoms with Crippen LogP contribution in [0.1, 0.15) is 48.5 Å². The Morgan fingerprint density at radius 3 is 1.17 bits per heavy atom. The molecule has 0 saturated carbocycles. The summed E-state index contributed by atoms with van der Waals surface area (Å²) in [7, 11) is 0. The van der Waals surface area contributed by atoms with Crippen LogP contribution in [0, 0.1) is 22.7 Å². The fraction of sp³-hybridized carbons (Fsp3) is 0.833. The zero-order chi connectivity index (χ0) is 15.0. The van der Waals surface area contributed by atoms with Crippen molar-refractivity contribution in [2.75, 3.05) is 0 Å². The third kappa shape index (κ3) is 12.6. The lowest BCUT2D eigenvalue weighted by Gasteiger charge is -2.11. The quantitative estimate of drug-likeness (QED) is 0.464. The molecule has 0 saturated heterocycles. The summed E-state index contributed by atoms with van der Waals surface area (Å²) in [6.45, 7) is 11.9. The Bertz CT molecular complexity index is 326. The van der Waals surface area contributed by atoms with E-state index in [2.05, 4.69) is 15.1 Å². The van der Waals surface area contributed by atoms with Gasteiger partial charge in [-0.2, -0.15) is 20.8 Å². The molecule has 0 aromatic carbocycles. The third-order valence-corrected chi connectivity index (χ3v) is 1.37. The molecule has 1 N–H and O–H groups in total. The first-order chi connectivity index (χ1) is 7.89. The summed E-state index contributed by atoms with van der Waals surface area (Å²) >= 11 is 0. The van der Waals surface area contributed by atoms with Gasteiger partial charge in [0.05, 0.1) is 17.7 Å². The van der Waals surface area contributed by atoms with Crippen LogP contribution in [0.15, 0.2) is 10.2 Å². The minimum atomic E-state index is -0.839. The Balaban J connectivity index is 0. The summed E-state index contributed by atoms with van der Waals surface area (Å²) in [5.41, 5.74) is -2.08. The molecule has 0 aromatic rings. The van der Waals surface area contributed by atoms with E-state index in [1.54, 1.807) is 48.5 Å². The van der Waals surface area contributed by atoms with Crippen molar-refractivity contribution in [1.29, 1.82) is 10.5 Å². The number of rotatable bonds is 2. The lowest BCUT2D eigenvalue weighted by molar-refractivity contribution is -0.306. The Kier molecular flexibility index (Phi) is 7.38. The van der Waals surface area contributed by atoms with Gasteiger partial charge in [-0.1, -0.05) is 0 Å². The molecule has 0 radical (unpaired) electrons. The van der Waals surface area contributed by atoms with Crippen LogP contribution < -0.4 is 0 Å². The van der Waals surface area contributed by atoms with Crippen molar-refractivity contribution in [3.05, 3.63) is 0 Å². The maximum atomic E-state index is 8.58.